The third-order valence-electron chi connectivity index (χ3n) is 3.87. The van der Waals surface area contributed by atoms with E-state index in [9.17, 15) is 5.11 Å². The molecule has 0 saturated heterocycles. The molecule has 1 fully saturated rings. The minimum Gasteiger partial charge on any atom is -0.396 e. The highest BCUT2D eigenvalue weighted by Gasteiger charge is 2.34. The van der Waals surface area contributed by atoms with Crippen LogP contribution in [0.2, 0.25) is 0 Å². The van der Waals surface area contributed by atoms with Gasteiger partial charge in [-0.05, 0) is 18.8 Å². The van der Waals surface area contributed by atoms with Gasteiger partial charge in [0.1, 0.15) is 0 Å². The molecule has 0 aromatic heterocycles. The van der Waals surface area contributed by atoms with Crippen molar-refractivity contribution in [2.45, 2.75) is 58.9 Å². The van der Waals surface area contributed by atoms with Gasteiger partial charge in [0.2, 0.25) is 0 Å². The first-order valence-electron chi connectivity index (χ1n) is 6.43. The van der Waals surface area contributed by atoms with E-state index in [0.717, 1.165) is 6.54 Å². The fraction of sp³-hybridized carbons (Fsp3) is 1.00. The Bertz CT molecular complexity index is 175. The predicted molar refractivity (Wildman–Crippen MR) is 64.9 cm³/mol. The Morgan fingerprint density at radius 1 is 1.27 bits per heavy atom. The molecule has 0 aromatic carbocycles. The molecule has 2 heteroatoms. The molecule has 1 aliphatic rings. The van der Waals surface area contributed by atoms with E-state index in [4.69, 9.17) is 0 Å². The summed E-state index contributed by atoms with van der Waals surface area (Å²) in [5.74, 6) is 0.711. The van der Waals surface area contributed by atoms with Crippen molar-refractivity contribution in [3.63, 3.8) is 0 Å². The minimum absolute atomic E-state index is 0.0880. The van der Waals surface area contributed by atoms with Crippen LogP contribution in [-0.2, 0) is 0 Å². The maximum atomic E-state index is 9.61. The molecule has 0 amide bonds. The second-order valence-corrected chi connectivity index (χ2v) is 5.68. The summed E-state index contributed by atoms with van der Waals surface area (Å²) in [5.41, 5.74) is 0.0880. The van der Waals surface area contributed by atoms with Crippen molar-refractivity contribution >= 4 is 0 Å². The van der Waals surface area contributed by atoms with Gasteiger partial charge in [0.15, 0.2) is 0 Å². The quantitative estimate of drug-likeness (QED) is 0.735. The van der Waals surface area contributed by atoms with Crippen LogP contribution < -0.4 is 5.32 Å². The fourth-order valence-corrected chi connectivity index (χ4v) is 2.57. The molecule has 0 aliphatic heterocycles. The molecule has 2 nitrogen and oxygen atoms in total. The van der Waals surface area contributed by atoms with Crippen LogP contribution in [0.4, 0.5) is 0 Å². The first kappa shape index (κ1) is 13.0. The van der Waals surface area contributed by atoms with E-state index in [1.165, 1.54) is 32.1 Å². The predicted octanol–water partition coefficient (Wildman–Crippen LogP) is 2.56. The lowest BCUT2D eigenvalue weighted by Crippen LogP contribution is -2.43. The lowest BCUT2D eigenvalue weighted by Gasteiger charge is -2.39. The van der Waals surface area contributed by atoms with E-state index in [0.29, 0.717) is 18.6 Å². The van der Waals surface area contributed by atoms with Crippen LogP contribution >= 0.6 is 0 Å². The molecule has 1 rings (SSSR count). The van der Waals surface area contributed by atoms with E-state index >= 15 is 0 Å². The number of aliphatic hydroxyl groups is 1. The van der Waals surface area contributed by atoms with Crippen LogP contribution in [0.25, 0.3) is 0 Å². The molecule has 1 atom stereocenters. The summed E-state index contributed by atoms with van der Waals surface area (Å²) >= 11 is 0. The van der Waals surface area contributed by atoms with Crippen molar-refractivity contribution in [3.05, 3.63) is 0 Å². The largest absolute Gasteiger partial charge is 0.396 e. The van der Waals surface area contributed by atoms with Gasteiger partial charge in [-0.1, -0.05) is 40.0 Å². The number of aliphatic hydroxyl groups excluding tert-OH is 1. The van der Waals surface area contributed by atoms with Gasteiger partial charge in [0, 0.05) is 24.6 Å². The van der Waals surface area contributed by atoms with E-state index in [1.54, 1.807) is 0 Å². The minimum atomic E-state index is 0.0880. The summed E-state index contributed by atoms with van der Waals surface area (Å²) < 4.78 is 0. The van der Waals surface area contributed by atoms with Crippen LogP contribution in [0.5, 0.6) is 0 Å². The summed E-state index contributed by atoms with van der Waals surface area (Å²) in [6, 6.07) is 0.513. The number of rotatable bonds is 5. The molecular weight excluding hydrogens is 186 g/mol. The molecule has 1 aliphatic carbocycles. The Balaban J connectivity index is 2.49. The Morgan fingerprint density at radius 3 is 2.33 bits per heavy atom. The van der Waals surface area contributed by atoms with Crippen molar-refractivity contribution in [1.82, 2.24) is 5.32 Å². The number of hydrogen-bond donors (Lipinski definition) is 2. The zero-order valence-electron chi connectivity index (χ0n) is 10.6. The standard InChI is InChI=1S/C13H27NO/c1-11(2)14-9-13(3,10-15)12-7-5-4-6-8-12/h11-12,14-15H,4-10H2,1-3H3. The smallest absolute Gasteiger partial charge is 0.0499 e. The van der Waals surface area contributed by atoms with Gasteiger partial charge < -0.3 is 10.4 Å². The lowest BCUT2D eigenvalue weighted by atomic mass is 9.70. The van der Waals surface area contributed by atoms with E-state index in [2.05, 4.69) is 26.1 Å². The Labute approximate surface area is 94.5 Å². The zero-order valence-corrected chi connectivity index (χ0v) is 10.6. The van der Waals surface area contributed by atoms with Gasteiger partial charge in [-0.2, -0.15) is 0 Å². The lowest BCUT2D eigenvalue weighted by molar-refractivity contribution is 0.0545. The van der Waals surface area contributed by atoms with Crippen molar-refractivity contribution in [2.24, 2.45) is 11.3 Å². The maximum absolute atomic E-state index is 9.61. The average molecular weight is 213 g/mol. The van der Waals surface area contributed by atoms with Crippen LogP contribution in [0.15, 0.2) is 0 Å². The first-order valence-corrected chi connectivity index (χ1v) is 6.43. The molecule has 0 heterocycles. The summed E-state index contributed by atoms with van der Waals surface area (Å²) in [6.07, 6.45) is 6.69. The van der Waals surface area contributed by atoms with E-state index < -0.39 is 0 Å². The van der Waals surface area contributed by atoms with Crippen molar-refractivity contribution < 1.29 is 5.11 Å². The summed E-state index contributed by atoms with van der Waals surface area (Å²) in [6.45, 7) is 7.83. The van der Waals surface area contributed by atoms with Crippen LogP contribution in [-0.4, -0.2) is 24.3 Å². The molecule has 0 spiro atoms. The third kappa shape index (κ3) is 3.76. The summed E-state index contributed by atoms with van der Waals surface area (Å²) in [7, 11) is 0. The van der Waals surface area contributed by atoms with E-state index in [-0.39, 0.29) is 5.41 Å². The highest BCUT2D eigenvalue weighted by Crippen LogP contribution is 2.37. The third-order valence-corrected chi connectivity index (χ3v) is 3.87. The van der Waals surface area contributed by atoms with Gasteiger partial charge in [-0.25, -0.2) is 0 Å². The fourth-order valence-electron chi connectivity index (χ4n) is 2.57. The SMILES string of the molecule is CC(C)NCC(C)(CO)C1CCCCC1. The van der Waals surface area contributed by atoms with Gasteiger partial charge in [0.05, 0.1) is 0 Å². The number of nitrogens with one attached hydrogen (secondary N) is 1. The highest BCUT2D eigenvalue weighted by atomic mass is 16.3. The monoisotopic (exact) mass is 213 g/mol. The molecule has 90 valence electrons. The Hall–Kier alpha value is -0.0800. The zero-order chi connectivity index (χ0) is 11.3. The molecule has 1 unspecified atom stereocenters. The van der Waals surface area contributed by atoms with Gasteiger partial charge in [0.25, 0.3) is 0 Å². The molecule has 0 radical (unpaired) electrons. The highest BCUT2D eigenvalue weighted by molar-refractivity contribution is 4.86. The maximum Gasteiger partial charge on any atom is 0.0499 e. The van der Waals surface area contributed by atoms with Crippen LogP contribution in [0.1, 0.15) is 52.9 Å². The summed E-state index contributed by atoms with van der Waals surface area (Å²) in [5, 5.41) is 13.1. The number of hydrogen-bond acceptors (Lipinski definition) is 2. The van der Waals surface area contributed by atoms with E-state index in [1.807, 2.05) is 0 Å². The first-order chi connectivity index (χ1) is 7.08. The van der Waals surface area contributed by atoms with Crippen LogP contribution in [0.3, 0.4) is 0 Å². The molecular formula is C13H27NO. The molecule has 2 N–H and O–H groups in total. The Morgan fingerprint density at radius 2 is 1.87 bits per heavy atom. The molecule has 0 bridgehead atoms. The van der Waals surface area contributed by atoms with Gasteiger partial charge in [-0.15, -0.1) is 0 Å². The van der Waals surface area contributed by atoms with Crippen molar-refractivity contribution in [2.75, 3.05) is 13.2 Å². The molecule has 0 aromatic rings. The van der Waals surface area contributed by atoms with Crippen molar-refractivity contribution in [1.29, 1.82) is 0 Å². The molecule has 15 heavy (non-hydrogen) atoms. The molecule has 1 saturated carbocycles. The van der Waals surface area contributed by atoms with Gasteiger partial charge >= 0.3 is 0 Å². The second kappa shape index (κ2) is 5.86. The average Bonchev–Trinajstić information content (AvgIpc) is 2.27. The second-order valence-electron chi connectivity index (χ2n) is 5.68. The Kier molecular flexibility index (Phi) is 5.07. The van der Waals surface area contributed by atoms with Crippen molar-refractivity contribution in [3.8, 4) is 0 Å². The normalized spacial score (nSPS) is 23.0. The summed E-state index contributed by atoms with van der Waals surface area (Å²) in [4.78, 5) is 0. The van der Waals surface area contributed by atoms with Crippen LogP contribution in [0, 0.1) is 11.3 Å². The topological polar surface area (TPSA) is 32.3 Å². The van der Waals surface area contributed by atoms with Gasteiger partial charge in [-0.3, -0.25) is 0 Å².